The molecule has 0 radical (unpaired) electrons. The summed E-state index contributed by atoms with van der Waals surface area (Å²) < 4.78 is 0. The van der Waals surface area contributed by atoms with Crippen LogP contribution in [0.5, 0.6) is 0 Å². The maximum atomic E-state index is 5.63. The van der Waals surface area contributed by atoms with E-state index in [-0.39, 0.29) is 46.7 Å². The van der Waals surface area contributed by atoms with Crippen molar-refractivity contribution in [2.24, 2.45) is 0 Å². The molecule has 1 aromatic heterocycles. The number of hydrogen-bond acceptors (Lipinski definition) is 1. The molecule has 1 unspecified atom stereocenters. The molecular weight excluding hydrogens is 687 g/mol. The molecule has 0 aliphatic carbocycles. The van der Waals surface area contributed by atoms with Gasteiger partial charge < -0.3 is 20.2 Å². The molecule has 218 valence electrons. The number of para-hydroxylation sites is 1. The van der Waals surface area contributed by atoms with Crippen LogP contribution in [-0.4, -0.2) is 4.98 Å². The van der Waals surface area contributed by atoms with Gasteiger partial charge in [0.2, 0.25) is 0 Å². The second kappa shape index (κ2) is 14.8. The fourth-order valence-corrected chi connectivity index (χ4v) is 5.78. The van der Waals surface area contributed by atoms with Gasteiger partial charge in [0.1, 0.15) is 0 Å². The molecule has 1 heterocycles. The van der Waals surface area contributed by atoms with E-state index in [4.69, 9.17) is 10.3 Å². The average molecular weight is 728 g/mol. The van der Waals surface area contributed by atoms with E-state index in [9.17, 15) is 0 Å². The fourth-order valence-electron chi connectivity index (χ4n) is 5.78. The van der Waals surface area contributed by atoms with Crippen molar-refractivity contribution >= 4 is 27.2 Å². The first-order valence-electron chi connectivity index (χ1n) is 14.3. The van der Waals surface area contributed by atoms with Gasteiger partial charge in [0, 0.05) is 37.1 Å². The Balaban J connectivity index is 0.00000169. The number of nitrogens with zero attached hydrogens (tertiary/aromatic N) is 2. The number of fused-ring (bicyclic) bond motifs is 2. The normalized spacial score (nSPS) is 11.5. The van der Waals surface area contributed by atoms with Crippen LogP contribution in [-0.2, 0) is 25.8 Å². The van der Waals surface area contributed by atoms with Crippen LogP contribution >= 0.6 is 0 Å². The molecule has 0 amide bonds. The number of benzene rings is 5. The van der Waals surface area contributed by atoms with Crippen molar-refractivity contribution in [3.63, 3.8) is 0 Å². The summed E-state index contributed by atoms with van der Waals surface area (Å²) in [5, 5.41) is 10.5. The van der Waals surface area contributed by atoms with E-state index in [1.165, 1.54) is 38.2 Å². The Morgan fingerprint density at radius 3 is 1.65 bits per heavy atom. The Kier molecular flexibility index (Phi) is 11.6. The van der Waals surface area contributed by atoms with E-state index in [1.807, 2.05) is 0 Å². The molecule has 0 fully saturated rings. The average Bonchev–Trinajstić information content (AvgIpc) is 2.99. The summed E-state index contributed by atoms with van der Waals surface area (Å²) >= 11 is 0. The summed E-state index contributed by atoms with van der Waals surface area (Å²) in [5.41, 5.74) is 7.90. The van der Waals surface area contributed by atoms with Gasteiger partial charge >= 0.3 is 0 Å². The van der Waals surface area contributed by atoms with Gasteiger partial charge in [-0.15, -0.1) is 5.69 Å². The molecule has 6 aromatic rings. The van der Waals surface area contributed by atoms with Gasteiger partial charge in [0.25, 0.3) is 0 Å². The van der Waals surface area contributed by atoms with E-state index < -0.39 is 0 Å². The molecule has 0 bridgehead atoms. The largest absolute Gasteiger partial charge is 0.673 e. The van der Waals surface area contributed by atoms with Gasteiger partial charge in [-0.25, -0.2) is 0 Å². The molecule has 5 aromatic carbocycles. The van der Waals surface area contributed by atoms with Crippen LogP contribution in [0.15, 0.2) is 121 Å². The van der Waals surface area contributed by atoms with Crippen LogP contribution in [0, 0.1) is 14.9 Å². The van der Waals surface area contributed by atoms with E-state index in [2.05, 4.69) is 149 Å². The molecule has 0 spiro atoms. The molecule has 0 saturated heterocycles. The molecule has 0 aliphatic rings. The van der Waals surface area contributed by atoms with Crippen molar-refractivity contribution < 1.29 is 25.8 Å². The molecule has 43 heavy (non-hydrogen) atoms. The molecule has 0 aliphatic heterocycles. The molecule has 3 heteroatoms. The van der Waals surface area contributed by atoms with Crippen molar-refractivity contribution in [3.8, 4) is 11.3 Å². The number of rotatable bonds is 7. The second-order valence-corrected chi connectivity index (χ2v) is 11.2. The van der Waals surface area contributed by atoms with E-state index in [1.54, 1.807) is 0 Å². The topological polar surface area (TPSA) is 27.0 Å². The second-order valence-electron chi connectivity index (χ2n) is 11.2. The van der Waals surface area contributed by atoms with E-state index in [0.29, 0.717) is 11.8 Å². The minimum absolute atomic E-state index is 0. The third-order valence-corrected chi connectivity index (χ3v) is 7.83. The van der Waals surface area contributed by atoms with Gasteiger partial charge in [-0.2, -0.15) is 0 Å². The van der Waals surface area contributed by atoms with E-state index >= 15 is 0 Å². The maximum Gasteiger partial charge on any atom is 0.0711 e. The Labute approximate surface area is 277 Å². The predicted octanol–water partition coefficient (Wildman–Crippen LogP) is 12.0. The summed E-state index contributed by atoms with van der Waals surface area (Å²) in [5.74, 6) is 0.723. The van der Waals surface area contributed by atoms with Crippen LogP contribution in [0.3, 0.4) is 0 Å². The zero-order valence-corrected chi connectivity index (χ0v) is 29.8. The third kappa shape index (κ3) is 6.83. The van der Waals surface area contributed by atoms with Gasteiger partial charge in [-0.1, -0.05) is 148 Å². The van der Waals surface area contributed by atoms with Crippen molar-refractivity contribution in [1.82, 2.24) is 4.98 Å². The zero-order chi connectivity index (χ0) is 27.6. The number of pyridine rings is 1. The first kappa shape index (κ1) is 33.9. The molecule has 6 rings (SSSR count). The third-order valence-electron chi connectivity index (χ3n) is 7.83. The monoisotopic (exact) mass is 729 g/mol. The summed E-state index contributed by atoms with van der Waals surface area (Å²) in [7, 11) is 0. The van der Waals surface area contributed by atoms with Gasteiger partial charge in [-0.05, 0) is 57.1 Å². The summed E-state index contributed by atoms with van der Waals surface area (Å²) in [6.07, 6.45) is 0. The van der Waals surface area contributed by atoms with E-state index in [0.717, 1.165) is 22.6 Å². The first-order valence-corrected chi connectivity index (χ1v) is 14.3. The molecule has 2 nitrogen and oxygen atoms in total. The summed E-state index contributed by atoms with van der Waals surface area (Å²) in [4.78, 5) is 5.33. The quantitative estimate of drug-likeness (QED) is 0.119. The Morgan fingerprint density at radius 1 is 0.512 bits per heavy atom. The van der Waals surface area contributed by atoms with Crippen molar-refractivity contribution in [3.05, 3.63) is 164 Å². The van der Waals surface area contributed by atoms with Crippen molar-refractivity contribution in [1.29, 1.82) is 0 Å². The van der Waals surface area contributed by atoms with Crippen molar-refractivity contribution in [2.75, 3.05) is 0 Å². The van der Waals surface area contributed by atoms with Crippen molar-refractivity contribution in [2.45, 2.75) is 45.6 Å². The number of aromatic nitrogens is 1. The molecular formula is C40H41HfN2-3. The van der Waals surface area contributed by atoms with Crippen LogP contribution in [0.2, 0.25) is 0 Å². The first-order chi connectivity index (χ1) is 19.5. The van der Waals surface area contributed by atoms with Gasteiger partial charge in [0.05, 0.1) is 5.69 Å². The Morgan fingerprint density at radius 2 is 1.00 bits per heavy atom. The number of hydrogen-bond donors (Lipinski definition) is 0. The van der Waals surface area contributed by atoms with Gasteiger partial charge in [0.15, 0.2) is 0 Å². The summed E-state index contributed by atoms with van der Waals surface area (Å²) in [6.45, 7) is 9.02. The van der Waals surface area contributed by atoms with Crippen LogP contribution in [0.4, 0.5) is 5.69 Å². The van der Waals surface area contributed by atoms with Crippen LogP contribution in [0.1, 0.15) is 68.0 Å². The Hall–Kier alpha value is -3.56. The van der Waals surface area contributed by atoms with Crippen LogP contribution < -0.4 is 0 Å². The minimum Gasteiger partial charge on any atom is -0.673 e. The molecule has 0 N–H and O–H groups in total. The zero-order valence-electron chi connectivity index (χ0n) is 26.2. The fraction of sp³-hybridized carbons (Fsp3) is 0.175. The molecule has 0 saturated carbocycles. The predicted molar refractivity (Wildman–Crippen MR) is 183 cm³/mol. The Bertz CT molecular complexity index is 1770. The standard InChI is InChI=1S/C38H35N2.2CH3.Hf/c1-25(2)29-19-11-20-30(26(3)4)37(29)40-38(34-22-10-16-28-14-6-8-18-32(28)34)36-24-12-23-35(39-36)33-21-9-15-27-13-5-7-17-31(27)33;;;/h5-26,38H,1-4H3;2*1H3;/q3*-1;. The minimum atomic E-state index is -0.251. The SMILES string of the molecule is CC(C)c1cccc(C(C)C)c1[N-]C(c1cccc(-c2cccc3ccccc23)n1)c1cccc2ccccc12.[CH3-].[CH3-].[Hf]. The molecule has 1 atom stereocenters. The smallest absolute Gasteiger partial charge is 0.0711 e. The maximum absolute atomic E-state index is 5.63. The van der Waals surface area contributed by atoms with Crippen LogP contribution in [0.25, 0.3) is 38.1 Å². The summed E-state index contributed by atoms with van der Waals surface area (Å²) in [6, 6.07) is 42.9. The van der Waals surface area contributed by atoms with Gasteiger partial charge in [-0.3, -0.25) is 4.98 Å².